The van der Waals surface area contributed by atoms with Crippen molar-refractivity contribution in [1.29, 1.82) is 0 Å². The minimum atomic E-state index is 0.193. The molecule has 148 valence electrons. The summed E-state index contributed by atoms with van der Waals surface area (Å²) in [5.74, 6) is 1.30. The number of hydrogen-bond acceptors (Lipinski definition) is 5. The Hall–Kier alpha value is -1.92. The van der Waals surface area contributed by atoms with Crippen LogP contribution in [0.25, 0.3) is 0 Å². The summed E-state index contributed by atoms with van der Waals surface area (Å²) >= 11 is 1.56. The molecule has 4 rings (SSSR count). The highest BCUT2D eigenvalue weighted by atomic mass is 32.2. The molecule has 2 aliphatic heterocycles. The van der Waals surface area contributed by atoms with Crippen LogP contribution in [0.2, 0.25) is 0 Å². The maximum absolute atomic E-state index is 12.7. The first-order valence-corrected chi connectivity index (χ1v) is 11.3. The lowest BCUT2D eigenvalue weighted by molar-refractivity contribution is -0.132. The SMILES string of the molecule is CCC(=O)N1C[C@@H]2CN(Cc3cnc(SC)nc3)C[C@@H]2[C@H]1c1ccccc1C. The molecule has 6 heteroatoms. The van der Waals surface area contributed by atoms with E-state index in [1.54, 1.807) is 11.8 Å². The largest absolute Gasteiger partial charge is 0.335 e. The summed E-state index contributed by atoms with van der Waals surface area (Å²) in [6, 6.07) is 8.74. The second-order valence-corrected chi connectivity index (χ2v) is 8.67. The van der Waals surface area contributed by atoms with Crippen LogP contribution < -0.4 is 0 Å². The van der Waals surface area contributed by atoms with Gasteiger partial charge in [0.1, 0.15) is 0 Å². The number of benzene rings is 1. The van der Waals surface area contributed by atoms with Crippen LogP contribution in [0.1, 0.15) is 36.1 Å². The van der Waals surface area contributed by atoms with Gasteiger partial charge in [0.05, 0.1) is 6.04 Å². The summed E-state index contributed by atoms with van der Waals surface area (Å²) in [7, 11) is 0. The van der Waals surface area contributed by atoms with Crippen LogP contribution in [-0.2, 0) is 11.3 Å². The minimum Gasteiger partial charge on any atom is -0.335 e. The van der Waals surface area contributed by atoms with E-state index in [0.717, 1.165) is 36.9 Å². The van der Waals surface area contributed by atoms with Crippen molar-refractivity contribution >= 4 is 17.7 Å². The van der Waals surface area contributed by atoms with Crippen molar-refractivity contribution in [1.82, 2.24) is 19.8 Å². The molecule has 1 aromatic carbocycles. The molecule has 3 atom stereocenters. The predicted octanol–water partition coefficient (Wildman–Crippen LogP) is 3.55. The topological polar surface area (TPSA) is 49.3 Å². The van der Waals surface area contributed by atoms with E-state index in [0.29, 0.717) is 18.3 Å². The molecule has 2 aromatic rings. The minimum absolute atomic E-state index is 0.193. The molecule has 28 heavy (non-hydrogen) atoms. The number of fused-ring (bicyclic) bond motifs is 1. The average Bonchev–Trinajstić information content (AvgIpc) is 3.26. The number of carbonyl (C=O) groups is 1. The molecular weight excluding hydrogens is 368 g/mol. The van der Waals surface area contributed by atoms with Gasteiger partial charge in [0.25, 0.3) is 0 Å². The predicted molar refractivity (Wildman–Crippen MR) is 112 cm³/mol. The summed E-state index contributed by atoms with van der Waals surface area (Å²) < 4.78 is 0. The molecule has 0 unspecified atom stereocenters. The van der Waals surface area contributed by atoms with Crippen molar-refractivity contribution in [2.45, 2.75) is 38.0 Å². The number of aryl methyl sites for hydroxylation is 1. The summed E-state index contributed by atoms with van der Waals surface area (Å²) in [6.07, 6.45) is 6.45. The number of aromatic nitrogens is 2. The number of hydrogen-bond donors (Lipinski definition) is 0. The molecule has 0 saturated carbocycles. The zero-order chi connectivity index (χ0) is 19.7. The van der Waals surface area contributed by atoms with E-state index in [1.807, 2.05) is 25.6 Å². The van der Waals surface area contributed by atoms with Gasteiger partial charge in [-0.15, -0.1) is 0 Å². The van der Waals surface area contributed by atoms with Crippen molar-refractivity contribution in [3.8, 4) is 0 Å². The summed E-state index contributed by atoms with van der Waals surface area (Å²) in [5.41, 5.74) is 3.75. The van der Waals surface area contributed by atoms with Crippen LogP contribution in [0.3, 0.4) is 0 Å². The summed E-state index contributed by atoms with van der Waals surface area (Å²) in [6.45, 7) is 7.93. The van der Waals surface area contributed by atoms with Crippen molar-refractivity contribution in [3.63, 3.8) is 0 Å². The number of likely N-dealkylation sites (tertiary alicyclic amines) is 2. The van der Waals surface area contributed by atoms with Crippen LogP contribution >= 0.6 is 11.8 Å². The molecule has 2 fully saturated rings. The Labute approximate surface area is 171 Å². The Morgan fingerprint density at radius 3 is 2.61 bits per heavy atom. The molecule has 1 aromatic heterocycles. The van der Waals surface area contributed by atoms with Gasteiger partial charge in [0.15, 0.2) is 5.16 Å². The van der Waals surface area contributed by atoms with Crippen molar-refractivity contribution < 1.29 is 4.79 Å². The molecule has 0 radical (unpaired) electrons. The van der Waals surface area contributed by atoms with Gasteiger partial charge in [-0.1, -0.05) is 43.0 Å². The van der Waals surface area contributed by atoms with E-state index in [-0.39, 0.29) is 11.9 Å². The second kappa shape index (κ2) is 8.21. The van der Waals surface area contributed by atoms with Crippen LogP contribution in [-0.4, -0.2) is 51.6 Å². The van der Waals surface area contributed by atoms with E-state index in [2.05, 4.69) is 51.0 Å². The Balaban J connectivity index is 1.54. The number of rotatable bonds is 5. The third kappa shape index (κ3) is 3.67. The summed E-state index contributed by atoms with van der Waals surface area (Å²) in [4.78, 5) is 26.1. The Kier molecular flexibility index (Phi) is 5.69. The first-order valence-electron chi connectivity index (χ1n) is 10.0. The smallest absolute Gasteiger partial charge is 0.222 e. The normalized spacial score (nSPS) is 24.5. The molecule has 2 saturated heterocycles. The van der Waals surface area contributed by atoms with Crippen LogP contribution in [0.4, 0.5) is 0 Å². The first kappa shape index (κ1) is 19.4. The van der Waals surface area contributed by atoms with Crippen molar-refractivity contribution in [2.75, 3.05) is 25.9 Å². The molecule has 0 aliphatic carbocycles. The lowest BCUT2D eigenvalue weighted by Crippen LogP contribution is -2.35. The molecular formula is C22H28N4OS. The number of thioether (sulfide) groups is 1. The van der Waals surface area contributed by atoms with Crippen molar-refractivity contribution in [3.05, 3.63) is 53.3 Å². The van der Waals surface area contributed by atoms with Gasteiger partial charge in [0, 0.05) is 56.5 Å². The number of amides is 1. The zero-order valence-corrected chi connectivity index (χ0v) is 17.7. The number of carbonyl (C=O) groups excluding carboxylic acids is 1. The highest BCUT2D eigenvalue weighted by Gasteiger charge is 2.48. The maximum Gasteiger partial charge on any atom is 0.222 e. The molecule has 0 spiro atoms. The summed E-state index contributed by atoms with van der Waals surface area (Å²) in [5, 5.41) is 0.815. The van der Waals surface area contributed by atoms with Gasteiger partial charge in [-0.3, -0.25) is 9.69 Å². The third-order valence-corrected chi connectivity index (χ3v) is 6.72. The highest BCUT2D eigenvalue weighted by Crippen LogP contribution is 2.46. The van der Waals surface area contributed by atoms with Gasteiger partial charge in [0.2, 0.25) is 5.91 Å². The Morgan fingerprint density at radius 2 is 1.93 bits per heavy atom. The standard InChI is InChI=1S/C22H28N4OS/c1-4-20(27)26-13-17-12-25(11-16-9-23-22(28-3)24-10-16)14-19(17)21(26)18-8-6-5-7-15(18)2/h5-10,17,19,21H,4,11-14H2,1-3H3/t17-,19-,21+/m0/s1. The average molecular weight is 397 g/mol. The van der Waals surface area contributed by atoms with Crippen LogP contribution in [0.15, 0.2) is 41.8 Å². The maximum atomic E-state index is 12.7. The van der Waals surface area contributed by atoms with Gasteiger partial charge in [-0.05, 0) is 30.2 Å². The number of nitrogens with zero attached hydrogens (tertiary/aromatic N) is 4. The van der Waals surface area contributed by atoms with Gasteiger partial charge < -0.3 is 4.90 Å². The van der Waals surface area contributed by atoms with Gasteiger partial charge in [-0.25, -0.2) is 9.97 Å². The zero-order valence-electron chi connectivity index (χ0n) is 16.8. The fourth-order valence-corrected chi connectivity index (χ4v) is 5.15. The Bertz CT molecular complexity index is 841. The monoisotopic (exact) mass is 396 g/mol. The van der Waals surface area contributed by atoms with Crippen molar-refractivity contribution in [2.24, 2.45) is 11.8 Å². The molecule has 5 nitrogen and oxygen atoms in total. The van der Waals surface area contributed by atoms with E-state index in [4.69, 9.17) is 0 Å². The van der Waals surface area contributed by atoms with Crippen LogP contribution in [0, 0.1) is 18.8 Å². The fraction of sp³-hybridized carbons (Fsp3) is 0.500. The molecule has 1 amide bonds. The highest BCUT2D eigenvalue weighted by molar-refractivity contribution is 7.98. The molecule has 3 heterocycles. The quantitative estimate of drug-likeness (QED) is 0.571. The Morgan fingerprint density at radius 1 is 1.18 bits per heavy atom. The second-order valence-electron chi connectivity index (χ2n) is 7.90. The molecule has 0 bridgehead atoms. The van der Waals surface area contributed by atoms with E-state index < -0.39 is 0 Å². The first-order chi connectivity index (χ1) is 13.6. The van der Waals surface area contributed by atoms with Crippen LogP contribution in [0.5, 0.6) is 0 Å². The lowest BCUT2D eigenvalue weighted by Gasteiger charge is -2.30. The lowest BCUT2D eigenvalue weighted by atomic mass is 9.87. The van der Waals surface area contributed by atoms with E-state index in [9.17, 15) is 4.79 Å². The molecule has 2 aliphatic rings. The fourth-order valence-electron chi connectivity index (χ4n) is 4.83. The van der Waals surface area contributed by atoms with Gasteiger partial charge >= 0.3 is 0 Å². The third-order valence-electron chi connectivity index (χ3n) is 6.14. The van der Waals surface area contributed by atoms with E-state index >= 15 is 0 Å². The van der Waals surface area contributed by atoms with Gasteiger partial charge in [-0.2, -0.15) is 0 Å². The molecule has 0 N–H and O–H groups in total. The van der Waals surface area contributed by atoms with E-state index in [1.165, 1.54) is 11.1 Å².